The molecule has 0 bridgehead atoms. The monoisotopic (exact) mass is 552 g/mol. The largest absolute Gasteiger partial charge is 0.481 e. The first-order valence-corrected chi connectivity index (χ1v) is 13.4. The summed E-state index contributed by atoms with van der Waals surface area (Å²) < 4.78 is 28.7. The van der Waals surface area contributed by atoms with Crippen molar-refractivity contribution in [1.82, 2.24) is 14.7 Å². The minimum atomic E-state index is -0.875. The lowest BCUT2D eigenvalue weighted by Gasteiger charge is -2.20. The lowest BCUT2D eigenvalue weighted by molar-refractivity contribution is -0.137. The van der Waals surface area contributed by atoms with Gasteiger partial charge in [-0.05, 0) is 56.0 Å². The van der Waals surface area contributed by atoms with Crippen LogP contribution in [0, 0.1) is 11.6 Å². The van der Waals surface area contributed by atoms with E-state index in [1.54, 1.807) is 23.5 Å². The Hall–Kier alpha value is -4.12. The van der Waals surface area contributed by atoms with E-state index >= 15 is 0 Å². The molecular weight excluding hydrogens is 526 g/mol. The van der Waals surface area contributed by atoms with E-state index in [9.17, 15) is 28.3 Å². The van der Waals surface area contributed by atoms with E-state index in [0.29, 0.717) is 5.69 Å². The number of aromatic nitrogens is 2. The molecule has 0 radical (unpaired) electrons. The summed E-state index contributed by atoms with van der Waals surface area (Å²) in [5.41, 5.74) is 3.33. The van der Waals surface area contributed by atoms with E-state index in [1.807, 2.05) is 22.7 Å². The Kier molecular flexibility index (Phi) is 7.42. The van der Waals surface area contributed by atoms with Gasteiger partial charge in [-0.3, -0.25) is 18.8 Å². The third-order valence-corrected chi connectivity index (χ3v) is 7.83. The SMILES string of the molecule is C[C@@H](NC(=O)Cc1cc(F)cc(F)c1)C(=O)Nc1ccc(-c2cn3c4c(sc3n2)CCCC4CC(=O)O)cc1. The number of carbonyl (C=O) groups excluding carboxylic acids is 2. The zero-order chi connectivity index (χ0) is 27.7. The van der Waals surface area contributed by atoms with Gasteiger partial charge in [0.2, 0.25) is 11.8 Å². The van der Waals surface area contributed by atoms with E-state index in [4.69, 9.17) is 4.98 Å². The van der Waals surface area contributed by atoms with Gasteiger partial charge in [0.15, 0.2) is 4.96 Å². The van der Waals surface area contributed by atoms with Crippen LogP contribution < -0.4 is 10.6 Å². The van der Waals surface area contributed by atoms with E-state index in [2.05, 4.69) is 10.6 Å². The third-order valence-electron chi connectivity index (χ3n) is 6.70. The van der Waals surface area contributed by atoms with E-state index in [1.165, 1.54) is 11.8 Å². The lowest BCUT2D eigenvalue weighted by atomic mass is 9.88. The number of benzene rings is 2. The van der Waals surface area contributed by atoms with Gasteiger partial charge in [0.25, 0.3) is 0 Å². The van der Waals surface area contributed by atoms with E-state index < -0.39 is 35.5 Å². The summed E-state index contributed by atoms with van der Waals surface area (Å²) in [5.74, 6) is -3.36. The van der Waals surface area contributed by atoms with Crippen molar-refractivity contribution in [1.29, 1.82) is 0 Å². The molecule has 202 valence electrons. The van der Waals surface area contributed by atoms with Gasteiger partial charge in [0.05, 0.1) is 18.5 Å². The molecule has 39 heavy (non-hydrogen) atoms. The number of rotatable bonds is 8. The van der Waals surface area contributed by atoms with Crippen LogP contribution in [0.2, 0.25) is 0 Å². The number of aryl methyl sites for hydroxylation is 1. The highest BCUT2D eigenvalue weighted by atomic mass is 32.1. The molecule has 2 heterocycles. The second-order valence-corrected chi connectivity index (χ2v) is 10.7. The number of nitrogens with zero attached hydrogens (tertiary/aromatic N) is 2. The fourth-order valence-corrected chi connectivity index (χ4v) is 6.16. The molecule has 11 heteroatoms. The van der Waals surface area contributed by atoms with Crippen LogP contribution in [0.5, 0.6) is 0 Å². The van der Waals surface area contributed by atoms with Crippen LogP contribution >= 0.6 is 11.3 Å². The third kappa shape index (κ3) is 5.98. The van der Waals surface area contributed by atoms with Crippen molar-refractivity contribution >= 4 is 39.8 Å². The molecule has 0 spiro atoms. The minimum Gasteiger partial charge on any atom is -0.481 e. The molecule has 0 saturated heterocycles. The predicted molar refractivity (Wildman–Crippen MR) is 143 cm³/mol. The molecule has 5 rings (SSSR count). The summed E-state index contributed by atoms with van der Waals surface area (Å²) in [7, 11) is 0. The fraction of sp³-hybridized carbons (Fsp3) is 0.286. The summed E-state index contributed by atoms with van der Waals surface area (Å²) in [5, 5.41) is 14.6. The van der Waals surface area contributed by atoms with Crippen LogP contribution in [0.25, 0.3) is 16.2 Å². The fourth-order valence-electron chi connectivity index (χ4n) is 4.93. The number of amides is 2. The molecule has 1 aliphatic rings. The van der Waals surface area contributed by atoms with Crippen molar-refractivity contribution in [2.45, 2.75) is 51.0 Å². The van der Waals surface area contributed by atoms with Crippen molar-refractivity contribution in [3.63, 3.8) is 0 Å². The molecule has 0 aliphatic heterocycles. The van der Waals surface area contributed by atoms with Crippen molar-refractivity contribution < 1.29 is 28.3 Å². The number of thiazole rings is 1. The highest BCUT2D eigenvalue weighted by Gasteiger charge is 2.28. The summed E-state index contributed by atoms with van der Waals surface area (Å²) in [6.45, 7) is 1.52. The number of hydrogen-bond acceptors (Lipinski definition) is 5. The van der Waals surface area contributed by atoms with Crippen molar-refractivity contribution in [2.24, 2.45) is 0 Å². The average Bonchev–Trinajstić information content (AvgIpc) is 3.42. The summed E-state index contributed by atoms with van der Waals surface area (Å²) in [4.78, 5) is 43.0. The maximum atomic E-state index is 13.3. The van der Waals surface area contributed by atoms with Gasteiger partial charge in [-0.2, -0.15) is 0 Å². The van der Waals surface area contributed by atoms with E-state index in [-0.39, 0.29) is 24.3 Å². The number of fused-ring (bicyclic) bond motifs is 3. The molecule has 1 unspecified atom stereocenters. The summed E-state index contributed by atoms with van der Waals surface area (Å²) in [6.07, 6.45) is 4.53. The second-order valence-electron chi connectivity index (χ2n) is 9.69. The predicted octanol–water partition coefficient (Wildman–Crippen LogP) is 4.92. The Morgan fingerprint density at radius 1 is 1.15 bits per heavy atom. The number of hydrogen-bond donors (Lipinski definition) is 3. The second kappa shape index (κ2) is 10.9. The maximum absolute atomic E-state index is 13.3. The Bertz CT molecular complexity index is 1540. The molecule has 0 fully saturated rings. The van der Waals surface area contributed by atoms with Gasteiger partial charge in [-0.15, -0.1) is 11.3 Å². The molecule has 2 aromatic heterocycles. The Morgan fingerprint density at radius 3 is 2.56 bits per heavy atom. The molecule has 3 N–H and O–H groups in total. The van der Waals surface area contributed by atoms with Crippen LogP contribution in [0.15, 0.2) is 48.7 Å². The van der Waals surface area contributed by atoms with Crippen molar-refractivity contribution in [3.05, 3.63) is 76.4 Å². The minimum absolute atomic E-state index is 0.0304. The smallest absolute Gasteiger partial charge is 0.304 e. The molecule has 2 amide bonds. The normalized spacial score (nSPS) is 15.5. The molecule has 0 saturated carbocycles. The van der Waals surface area contributed by atoms with E-state index in [0.717, 1.165) is 59.4 Å². The molecule has 2 atom stereocenters. The molecule has 1 aliphatic carbocycles. The first-order valence-electron chi connectivity index (χ1n) is 12.5. The van der Waals surface area contributed by atoms with Gasteiger partial charge < -0.3 is 15.7 Å². The molecule has 8 nitrogen and oxygen atoms in total. The quantitative estimate of drug-likeness (QED) is 0.287. The van der Waals surface area contributed by atoms with Crippen LogP contribution in [0.1, 0.15) is 48.2 Å². The zero-order valence-corrected chi connectivity index (χ0v) is 21.9. The van der Waals surface area contributed by atoms with Crippen molar-refractivity contribution in [2.75, 3.05) is 5.32 Å². The summed E-state index contributed by atoms with van der Waals surface area (Å²) >= 11 is 1.60. The zero-order valence-electron chi connectivity index (χ0n) is 21.0. The standard InChI is InChI=1S/C28H26F2N4O4S/c1-15(31-24(35)11-16-9-19(29)13-20(30)10-16)27(38)32-21-7-5-17(6-8-21)22-14-34-26-18(12-25(36)37)3-2-4-23(26)39-28(34)33-22/h5-10,13-15,18H,2-4,11-12H2,1H3,(H,31,35)(H,32,38)(H,36,37)/t15-,18?/m1/s1. The highest BCUT2D eigenvalue weighted by molar-refractivity contribution is 7.17. The number of anilines is 1. The van der Waals surface area contributed by atoms with Gasteiger partial charge in [-0.1, -0.05) is 12.1 Å². The average molecular weight is 553 g/mol. The molecule has 4 aromatic rings. The Balaban J connectivity index is 1.22. The van der Waals surface area contributed by atoms with Crippen LogP contribution in [-0.2, 0) is 27.2 Å². The topological polar surface area (TPSA) is 113 Å². The number of carboxylic acids is 1. The summed E-state index contributed by atoms with van der Waals surface area (Å²) in [6, 6.07) is 9.10. The molecular formula is C28H26F2N4O4S. The Labute approximate surface area is 226 Å². The van der Waals surface area contributed by atoms with Crippen LogP contribution in [0.3, 0.4) is 0 Å². The van der Waals surface area contributed by atoms with Gasteiger partial charge in [0.1, 0.15) is 17.7 Å². The van der Waals surface area contributed by atoms with Gasteiger partial charge in [0, 0.05) is 40.0 Å². The lowest BCUT2D eigenvalue weighted by Crippen LogP contribution is -2.42. The first-order chi connectivity index (χ1) is 18.7. The highest BCUT2D eigenvalue weighted by Crippen LogP contribution is 2.39. The van der Waals surface area contributed by atoms with Gasteiger partial charge in [-0.25, -0.2) is 13.8 Å². The molecule has 2 aromatic carbocycles. The van der Waals surface area contributed by atoms with Crippen LogP contribution in [-0.4, -0.2) is 38.3 Å². The number of carboxylic acid groups (broad SMARTS) is 1. The maximum Gasteiger partial charge on any atom is 0.304 e. The number of halogens is 2. The van der Waals surface area contributed by atoms with Crippen molar-refractivity contribution in [3.8, 4) is 11.3 Å². The van der Waals surface area contributed by atoms with Crippen LogP contribution in [0.4, 0.5) is 14.5 Å². The Morgan fingerprint density at radius 2 is 1.87 bits per heavy atom. The number of nitrogens with one attached hydrogen (secondary N) is 2. The number of aliphatic carboxylic acids is 1. The number of imidazole rings is 1. The van der Waals surface area contributed by atoms with Gasteiger partial charge >= 0.3 is 5.97 Å². The first kappa shape index (κ1) is 26.5. The number of carbonyl (C=O) groups is 3.